The van der Waals surface area contributed by atoms with Crippen LogP contribution in [0.1, 0.15) is 48.9 Å². The molecule has 0 aromatic heterocycles. The van der Waals surface area contributed by atoms with Gasteiger partial charge in [-0.25, -0.2) is 9.59 Å². The highest BCUT2D eigenvalue weighted by Gasteiger charge is 2.49. The maximum absolute atomic E-state index is 13.1. The Morgan fingerprint density at radius 1 is 0.803 bits per heavy atom. The zero-order valence-electron chi connectivity index (χ0n) is 34.4. The number of nitro benzene ring substituents is 1. The second-order valence-electron chi connectivity index (χ2n) is 15.4. The van der Waals surface area contributed by atoms with Crippen LogP contribution in [-0.2, 0) is 15.1 Å². The van der Waals surface area contributed by atoms with Crippen molar-refractivity contribution in [2.45, 2.75) is 43.9 Å². The lowest BCUT2D eigenvalue weighted by Gasteiger charge is -2.53. The number of para-hydroxylation sites is 2. The molecule has 1 heterocycles. The van der Waals surface area contributed by atoms with E-state index >= 15 is 0 Å². The molecule has 5 N–H and O–H groups in total. The third kappa shape index (κ3) is 9.34. The summed E-state index contributed by atoms with van der Waals surface area (Å²) in [5, 5.41) is 51.2. The smallest absolute Gasteiger partial charge is 0.334 e. The number of non-ortho nitro benzene ring substituents is 1. The van der Waals surface area contributed by atoms with Gasteiger partial charge in [0.2, 0.25) is 0 Å². The molecule has 0 bridgehead atoms. The van der Waals surface area contributed by atoms with Crippen LogP contribution in [0, 0.1) is 10.1 Å². The number of carboxylic acids is 2. The van der Waals surface area contributed by atoms with Crippen molar-refractivity contribution >= 4 is 17.6 Å². The summed E-state index contributed by atoms with van der Waals surface area (Å²) < 4.78 is 11.7. The van der Waals surface area contributed by atoms with Crippen LogP contribution in [0.4, 0.5) is 5.69 Å². The van der Waals surface area contributed by atoms with Crippen LogP contribution in [-0.4, -0.2) is 82.1 Å². The Morgan fingerprint density at radius 3 is 1.84 bits per heavy atom. The van der Waals surface area contributed by atoms with Crippen LogP contribution in [0.2, 0.25) is 0 Å². The van der Waals surface area contributed by atoms with Gasteiger partial charge >= 0.3 is 11.9 Å². The maximum atomic E-state index is 13.1. The lowest BCUT2D eigenvalue weighted by Crippen LogP contribution is -2.63. The van der Waals surface area contributed by atoms with Crippen LogP contribution in [0.25, 0.3) is 0 Å². The number of carbonyl (C=O) groups is 2. The van der Waals surface area contributed by atoms with Crippen molar-refractivity contribution in [1.29, 1.82) is 0 Å². The summed E-state index contributed by atoms with van der Waals surface area (Å²) in [6, 6.07) is 42.7. The van der Waals surface area contributed by atoms with E-state index in [4.69, 9.17) is 9.47 Å². The molecule has 5 aromatic rings. The molecule has 61 heavy (non-hydrogen) atoms. The Bertz CT molecular complexity index is 2310. The van der Waals surface area contributed by atoms with Crippen molar-refractivity contribution in [2.75, 3.05) is 33.4 Å². The first-order valence-corrected chi connectivity index (χ1v) is 19.8. The topological polar surface area (TPSA) is 184 Å². The van der Waals surface area contributed by atoms with Crippen molar-refractivity contribution in [3.8, 4) is 11.5 Å². The highest BCUT2D eigenvalue weighted by molar-refractivity contribution is 5.98. The second-order valence-corrected chi connectivity index (χ2v) is 15.4. The number of benzene rings is 5. The van der Waals surface area contributed by atoms with Gasteiger partial charge in [-0.3, -0.25) is 15.0 Å². The lowest BCUT2D eigenvalue weighted by atomic mass is 9.73. The summed E-state index contributed by atoms with van der Waals surface area (Å²) in [5.41, 5.74) is 0.772. The van der Waals surface area contributed by atoms with E-state index in [9.17, 15) is 35.0 Å². The van der Waals surface area contributed by atoms with Gasteiger partial charge in [0.05, 0.1) is 34.6 Å². The third-order valence-electron chi connectivity index (χ3n) is 11.0. The number of aliphatic hydroxyl groups is 1. The molecule has 0 saturated heterocycles. The molecule has 316 valence electrons. The summed E-state index contributed by atoms with van der Waals surface area (Å²) in [7, 11) is 1.55. The lowest BCUT2D eigenvalue weighted by molar-refractivity contribution is -0.384. The average Bonchev–Trinajstić information content (AvgIpc) is 3.26. The number of hydrogen-bond acceptors (Lipinski definition) is 10. The Labute approximate surface area is 354 Å². The number of methoxy groups -OCH3 is 1. The highest BCUT2D eigenvalue weighted by Crippen LogP contribution is 2.46. The van der Waals surface area contributed by atoms with Crippen LogP contribution in [0.15, 0.2) is 162 Å². The third-order valence-corrected chi connectivity index (χ3v) is 11.0. The number of aliphatic carboxylic acids is 2. The van der Waals surface area contributed by atoms with E-state index < -0.39 is 40.0 Å². The number of aliphatic hydroxyl groups excluding tert-OH is 1. The van der Waals surface area contributed by atoms with E-state index in [0.29, 0.717) is 11.5 Å². The van der Waals surface area contributed by atoms with Crippen molar-refractivity contribution in [1.82, 2.24) is 15.5 Å². The SMILES string of the molecule is COc1ccccc1OCC(O)CN(C(C)(C)CNCC1=C(C(=O)O)C(c2cccc([N+](=O)[O-])c2)C(C(=O)O)=C(C)N1)C(c1ccccc1)(c1ccccc1)c1ccccc1. The molecule has 5 aromatic carbocycles. The van der Waals surface area contributed by atoms with Gasteiger partial charge < -0.3 is 35.4 Å². The molecule has 0 saturated carbocycles. The molecule has 0 amide bonds. The predicted molar refractivity (Wildman–Crippen MR) is 231 cm³/mol. The monoisotopic (exact) mass is 826 g/mol. The minimum absolute atomic E-state index is 0.0386. The largest absolute Gasteiger partial charge is 0.493 e. The van der Waals surface area contributed by atoms with Gasteiger partial charge in [-0.1, -0.05) is 115 Å². The first-order valence-electron chi connectivity index (χ1n) is 19.8. The molecule has 0 aliphatic carbocycles. The molecule has 1 aliphatic heterocycles. The number of dihydropyridines is 1. The van der Waals surface area contributed by atoms with Gasteiger partial charge in [-0.2, -0.15) is 0 Å². The first kappa shape index (κ1) is 43.8. The summed E-state index contributed by atoms with van der Waals surface area (Å²) in [6.45, 7) is 5.85. The Balaban J connectivity index is 1.43. The average molecular weight is 827 g/mol. The fourth-order valence-corrected chi connectivity index (χ4v) is 8.34. The standard InChI is InChI=1S/C48H50N4O9/c1-32-42(45(54)55)43(33-17-16-24-37(27-33)52(58)59)44(46(56)57)39(50-32)28-49-31-47(2,3)51(29-38(53)30-61-41-26-15-14-25-40(41)60-4)48(34-18-8-5-9-19-34,35-20-10-6-11-21-35)36-22-12-7-13-23-36/h5-27,38,43,49-50,53H,28-31H2,1-4H3,(H,54,55)(H,56,57). The Hall–Kier alpha value is -6.80. The van der Waals surface area contributed by atoms with E-state index in [1.165, 1.54) is 24.3 Å². The van der Waals surface area contributed by atoms with Gasteiger partial charge in [-0.15, -0.1) is 0 Å². The minimum atomic E-state index is -1.37. The van der Waals surface area contributed by atoms with Crippen molar-refractivity contribution < 1.29 is 39.3 Å². The minimum Gasteiger partial charge on any atom is -0.493 e. The number of nitrogens with zero attached hydrogens (tertiary/aromatic N) is 2. The molecular formula is C48H50N4O9. The number of allylic oxidation sites excluding steroid dienone is 1. The van der Waals surface area contributed by atoms with Crippen molar-refractivity contribution in [3.63, 3.8) is 0 Å². The number of nitrogens with one attached hydrogen (secondary N) is 2. The quantitative estimate of drug-likeness (QED) is 0.0324. The van der Waals surface area contributed by atoms with Crippen LogP contribution >= 0.6 is 0 Å². The molecule has 0 fully saturated rings. The zero-order valence-corrected chi connectivity index (χ0v) is 34.4. The van der Waals surface area contributed by atoms with Crippen LogP contribution in [0.5, 0.6) is 11.5 Å². The fraction of sp³-hybridized carbons (Fsp3) is 0.250. The van der Waals surface area contributed by atoms with E-state index in [1.807, 2.05) is 80.6 Å². The maximum Gasteiger partial charge on any atom is 0.334 e. The molecular weight excluding hydrogens is 777 g/mol. The van der Waals surface area contributed by atoms with Gasteiger partial charge in [0.25, 0.3) is 5.69 Å². The number of β-amino-alcohol motifs (C(OH)–C–C–N with tert-alkyl or cyclic N) is 1. The number of nitro groups is 1. The molecule has 6 rings (SSSR count). The molecule has 2 atom stereocenters. The van der Waals surface area contributed by atoms with Crippen LogP contribution in [0.3, 0.4) is 0 Å². The number of hydrogen-bond donors (Lipinski definition) is 5. The molecule has 1 aliphatic rings. The van der Waals surface area contributed by atoms with Crippen molar-refractivity contribution in [3.05, 3.63) is 194 Å². The Morgan fingerprint density at radius 2 is 1.33 bits per heavy atom. The predicted octanol–water partition coefficient (Wildman–Crippen LogP) is 7.09. The number of carboxylic acid groups (broad SMARTS) is 2. The normalized spacial score (nSPS) is 15.0. The second kappa shape index (κ2) is 19.1. The van der Waals surface area contributed by atoms with Crippen LogP contribution < -0.4 is 20.1 Å². The van der Waals surface area contributed by atoms with Crippen molar-refractivity contribution in [2.24, 2.45) is 0 Å². The van der Waals surface area contributed by atoms with Gasteiger partial charge in [0, 0.05) is 48.7 Å². The zero-order chi connectivity index (χ0) is 43.7. The first-order chi connectivity index (χ1) is 29.3. The number of ether oxygens (including phenoxy) is 2. The molecule has 13 nitrogen and oxygen atoms in total. The fourth-order valence-electron chi connectivity index (χ4n) is 8.34. The van der Waals surface area contributed by atoms with E-state index in [-0.39, 0.29) is 60.0 Å². The summed E-state index contributed by atoms with van der Waals surface area (Å²) >= 11 is 0. The molecule has 2 unspecified atom stereocenters. The molecule has 0 radical (unpaired) electrons. The molecule has 0 spiro atoms. The van der Waals surface area contributed by atoms with E-state index in [1.54, 1.807) is 26.2 Å². The van der Waals surface area contributed by atoms with Gasteiger partial charge in [0.15, 0.2) is 11.5 Å². The van der Waals surface area contributed by atoms with E-state index in [0.717, 1.165) is 16.7 Å². The van der Waals surface area contributed by atoms with Gasteiger partial charge in [0.1, 0.15) is 12.7 Å². The Kier molecular flexibility index (Phi) is 13.7. The molecule has 13 heteroatoms. The summed E-state index contributed by atoms with van der Waals surface area (Å²) in [5.74, 6) is -3.02. The van der Waals surface area contributed by atoms with Gasteiger partial charge in [-0.05, 0) is 55.2 Å². The van der Waals surface area contributed by atoms with E-state index in [2.05, 4.69) is 51.9 Å². The number of rotatable bonds is 19. The highest BCUT2D eigenvalue weighted by atomic mass is 16.6. The summed E-state index contributed by atoms with van der Waals surface area (Å²) in [6.07, 6.45) is -1.03. The summed E-state index contributed by atoms with van der Waals surface area (Å²) in [4.78, 5) is 39.1.